The third kappa shape index (κ3) is 2.23. The van der Waals surface area contributed by atoms with E-state index in [-0.39, 0.29) is 4.90 Å². The molecule has 0 N–H and O–H groups in total. The standard InChI is InChI=1S/C15H18N2O3S/c1-10-6-7-14-13(9-10)5-4-8-17(14)21(18,19)15-11(2)16-20-12(15)3/h6-7,9H,4-5,8H2,1-3H3. The van der Waals surface area contributed by atoms with E-state index in [0.717, 1.165) is 29.7 Å². The first-order valence-electron chi connectivity index (χ1n) is 6.96. The predicted octanol–water partition coefficient (Wildman–Crippen LogP) is 2.74. The number of rotatable bonds is 2. The molecular formula is C15H18N2O3S. The van der Waals surface area contributed by atoms with Crippen LogP contribution in [0.15, 0.2) is 27.6 Å². The molecule has 0 atom stereocenters. The lowest BCUT2D eigenvalue weighted by atomic mass is 10.0. The Balaban J connectivity index is 2.14. The van der Waals surface area contributed by atoms with Crippen molar-refractivity contribution in [3.05, 3.63) is 40.8 Å². The van der Waals surface area contributed by atoms with Crippen LogP contribution in [-0.2, 0) is 16.4 Å². The van der Waals surface area contributed by atoms with Gasteiger partial charge >= 0.3 is 0 Å². The van der Waals surface area contributed by atoms with Gasteiger partial charge in [-0.3, -0.25) is 4.31 Å². The molecule has 2 aromatic rings. The minimum absolute atomic E-state index is 0.191. The van der Waals surface area contributed by atoms with Crippen molar-refractivity contribution in [1.82, 2.24) is 5.16 Å². The number of fused-ring (bicyclic) bond motifs is 1. The van der Waals surface area contributed by atoms with Gasteiger partial charge in [0, 0.05) is 6.54 Å². The van der Waals surface area contributed by atoms with Crippen molar-refractivity contribution in [2.45, 2.75) is 38.5 Å². The Morgan fingerprint density at radius 2 is 2.00 bits per heavy atom. The monoisotopic (exact) mass is 306 g/mol. The Morgan fingerprint density at radius 1 is 1.24 bits per heavy atom. The molecule has 0 spiro atoms. The second kappa shape index (κ2) is 4.87. The zero-order valence-corrected chi connectivity index (χ0v) is 13.2. The molecule has 112 valence electrons. The molecule has 1 aliphatic rings. The maximum absolute atomic E-state index is 13.0. The molecule has 0 saturated carbocycles. The summed E-state index contributed by atoms with van der Waals surface area (Å²) in [5.41, 5.74) is 3.40. The topological polar surface area (TPSA) is 63.4 Å². The lowest BCUT2D eigenvalue weighted by molar-refractivity contribution is 0.390. The molecule has 0 fully saturated rings. The smallest absolute Gasteiger partial charge is 0.269 e. The number of hydrogen-bond acceptors (Lipinski definition) is 4. The molecule has 0 radical (unpaired) electrons. The SMILES string of the molecule is Cc1ccc2c(c1)CCCN2S(=O)(=O)c1c(C)noc1C. The number of aryl methyl sites for hydroxylation is 4. The van der Waals surface area contributed by atoms with E-state index in [1.165, 1.54) is 4.31 Å². The van der Waals surface area contributed by atoms with Gasteiger partial charge in [-0.15, -0.1) is 0 Å². The zero-order chi connectivity index (χ0) is 15.2. The number of hydrogen-bond donors (Lipinski definition) is 0. The van der Waals surface area contributed by atoms with Gasteiger partial charge in [-0.2, -0.15) is 0 Å². The van der Waals surface area contributed by atoms with Crippen LogP contribution in [0.3, 0.4) is 0 Å². The lowest BCUT2D eigenvalue weighted by Gasteiger charge is -2.30. The Hall–Kier alpha value is -1.82. The van der Waals surface area contributed by atoms with Crippen molar-refractivity contribution in [3.63, 3.8) is 0 Å². The third-order valence-electron chi connectivity index (χ3n) is 3.83. The van der Waals surface area contributed by atoms with Gasteiger partial charge in [0.15, 0.2) is 10.7 Å². The van der Waals surface area contributed by atoms with E-state index in [1.54, 1.807) is 13.8 Å². The van der Waals surface area contributed by atoms with Crippen LogP contribution in [0.1, 0.15) is 29.0 Å². The highest BCUT2D eigenvalue weighted by atomic mass is 32.2. The maximum Gasteiger partial charge on any atom is 0.269 e. The van der Waals surface area contributed by atoms with Gasteiger partial charge < -0.3 is 4.52 Å². The first-order valence-corrected chi connectivity index (χ1v) is 8.40. The van der Waals surface area contributed by atoms with Crippen molar-refractivity contribution >= 4 is 15.7 Å². The first kappa shape index (κ1) is 14.1. The van der Waals surface area contributed by atoms with E-state index in [2.05, 4.69) is 11.2 Å². The van der Waals surface area contributed by atoms with Crippen molar-refractivity contribution < 1.29 is 12.9 Å². The summed E-state index contributed by atoms with van der Waals surface area (Å²) in [6, 6.07) is 5.89. The van der Waals surface area contributed by atoms with E-state index in [4.69, 9.17) is 4.52 Å². The second-order valence-corrected chi connectivity index (χ2v) is 7.27. The van der Waals surface area contributed by atoms with Crippen LogP contribution in [0.4, 0.5) is 5.69 Å². The van der Waals surface area contributed by atoms with Crippen molar-refractivity contribution in [2.24, 2.45) is 0 Å². The van der Waals surface area contributed by atoms with Crippen LogP contribution >= 0.6 is 0 Å². The zero-order valence-electron chi connectivity index (χ0n) is 12.4. The molecule has 1 aliphatic heterocycles. The molecule has 0 aliphatic carbocycles. The summed E-state index contributed by atoms with van der Waals surface area (Å²) in [6.45, 7) is 5.79. The van der Waals surface area contributed by atoms with E-state index >= 15 is 0 Å². The molecule has 3 rings (SSSR count). The number of sulfonamides is 1. The Kier molecular flexibility index (Phi) is 3.28. The van der Waals surface area contributed by atoms with E-state index in [0.29, 0.717) is 18.0 Å². The molecule has 0 unspecified atom stereocenters. The molecule has 1 aromatic carbocycles. The van der Waals surface area contributed by atoms with E-state index in [9.17, 15) is 8.42 Å². The maximum atomic E-state index is 13.0. The molecule has 5 nitrogen and oxygen atoms in total. The van der Waals surface area contributed by atoms with Gasteiger partial charge in [0.2, 0.25) is 0 Å². The van der Waals surface area contributed by atoms with Gasteiger partial charge in [0.1, 0.15) is 5.69 Å². The van der Waals surface area contributed by atoms with Gasteiger partial charge in [-0.25, -0.2) is 8.42 Å². The summed E-state index contributed by atoms with van der Waals surface area (Å²) in [5.74, 6) is 0.340. The van der Waals surface area contributed by atoms with Crippen LogP contribution in [0, 0.1) is 20.8 Å². The quantitative estimate of drug-likeness (QED) is 0.856. The number of benzene rings is 1. The molecule has 0 saturated heterocycles. The molecule has 1 aromatic heterocycles. The lowest BCUT2D eigenvalue weighted by Crippen LogP contribution is -2.36. The molecule has 0 bridgehead atoms. The first-order chi connectivity index (χ1) is 9.91. The van der Waals surface area contributed by atoms with Gasteiger partial charge in [-0.1, -0.05) is 22.9 Å². The summed E-state index contributed by atoms with van der Waals surface area (Å²) in [5, 5.41) is 3.77. The summed E-state index contributed by atoms with van der Waals surface area (Å²) >= 11 is 0. The highest BCUT2D eigenvalue weighted by Crippen LogP contribution is 2.34. The fourth-order valence-corrected chi connectivity index (χ4v) is 4.73. The largest absolute Gasteiger partial charge is 0.360 e. The van der Waals surface area contributed by atoms with Crippen molar-refractivity contribution in [2.75, 3.05) is 10.8 Å². The van der Waals surface area contributed by atoms with E-state index < -0.39 is 10.0 Å². The number of anilines is 1. The molecule has 0 amide bonds. The summed E-state index contributed by atoms with van der Waals surface area (Å²) in [4.78, 5) is 0.191. The highest BCUT2D eigenvalue weighted by molar-refractivity contribution is 7.93. The van der Waals surface area contributed by atoms with Gasteiger partial charge in [-0.05, 0) is 45.2 Å². The minimum atomic E-state index is -3.63. The van der Waals surface area contributed by atoms with E-state index in [1.807, 2.05) is 19.1 Å². The third-order valence-corrected chi connectivity index (χ3v) is 5.89. The molecule has 21 heavy (non-hydrogen) atoms. The average molecular weight is 306 g/mol. The Bertz CT molecular complexity index is 774. The summed E-state index contributed by atoms with van der Waals surface area (Å²) < 4.78 is 32.4. The predicted molar refractivity (Wildman–Crippen MR) is 80.0 cm³/mol. The molecule has 2 heterocycles. The van der Waals surface area contributed by atoms with Crippen molar-refractivity contribution in [3.8, 4) is 0 Å². The van der Waals surface area contributed by atoms with Crippen LogP contribution in [0.2, 0.25) is 0 Å². The van der Waals surface area contributed by atoms with Crippen LogP contribution < -0.4 is 4.31 Å². The average Bonchev–Trinajstić information content (AvgIpc) is 2.77. The molecule has 6 heteroatoms. The Labute approximate surface area is 124 Å². The fraction of sp³-hybridized carbons (Fsp3) is 0.400. The van der Waals surface area contributed by atoms with Gasteiger partial charge in [0.05, 0.1) is 5.69 Å². The Morgan fingerprint density at radius 3 is 2.67 bits per heavy atom. The summed E-state index contributed by atoms with van der Waals surface area (Å²) in [7, 11) is -3.63. The van der Waals surface area contributed by atoms with Crippen LogP contribution in [0.5, 0.6) is 0 Å². The fourth-order valence-electron chi connectivity index (χ4n) is 2.89. The van der Waals surface area contributed by atoms with Crippen LogP contribution in [0.25, 0.3) is 0 Å². The van der Waals surface area contributed by atoms with Crippen molar-refractivity contribution in [1.29, 1.82) is 0 Å². The number of aromatic nitrogens is 1. The van der Waals surface area contributed by atoms with Gasteiger partial charge in [0.25, 0.3) is 10.0 Å². The molecular weight excluding hydrogens is 288 g/mol. The minimum Gasteiger partial charge on any atom is -0.360 e. The second-order valence-electron chi connectivity index (χ2n) is 5.47. The number of nitrogens with zero attached hydrogens (tertiary/aromatic N) is 2. The highest BCUT2D eigenvalue weighted by Gasteiger charge is 2.33. The normalized spacial score (nSPS) is 15.1. The van der Waals surface area contributed by atoms with Crippen LogP contribution in [-0.4, -0.2) is 20.1 Å². The summed E-state index contributed by atoms with van der Waals surface area (Å²) in [6.07, 6.45) is 1.73.